The van der Waals surface area contributed by atoms with E-state index in [9.17, 15) is 14.0 Å². The number of nitrogens with zero attached hydrogens (tertiary/aromatic N) is 13. The fourth-order valence-corrected chi connectivity index (χ4v) is 9.16. The zero-order chi connectivity index (χ0) is 45.0. The maximum atomic E-state index is 14.5. The lowest BCUT2D eigenvalue weighted by Crippen LogP contribution is -2.55. The molecular weight excluding hydrogens is 861 g/mol. The monoisotopic (exact) mass is 913 g/mol. The van der Waals surface area contributed by atoms with Gasteiger partial charge in [0.25, 0.3) is 11.8 Å². The van der Waals surface area contributed by atoms with Gasteiger partial charge in [-0.3, -0.25) is 23.4 Å². The van der Waals surface area contributed by atoms with Crippen LogP contribution in [-0.2, 0) is 29.1 Å². The van der Waals surface area contributed by atoms with Crippen LogP contribution < -0.4 is 40.5 Å². The van der Waals surface area contributed by atoms with Crippen molar-refractivity contribution >= 4 is 69.5 Å². The van der Waals surface area contributed by atoms with Gasteiger partial charge >= 0.3 is 0 Å². The minimum absolute atomic E-state index is 0. The molecule has 21 nitrogen and oxygen atoms in total. The molecule has 0 radical (unpaired) electrons. The lowest BCUT2D eigenvalue weighted by atomic mass is 9.43. The van der Waals surface area contributed by atoms with Gasteiger partial charge in [-0.15, -0.1) is 15.3 Å². The van der Waals surface area contributed by atoms with E-state index in [1.165, 1.54) is 38.6 Å². The zero-order valence-electron chi connectivity index (χ0n) is 36.0. The van der Waals surface area contributed by atoms with Crippen molar-refractivity contribution in [2.75, 3.05) is 60.8 Å². The molecule has 2 saturated heterocycles. The predicted molar refractivity (Wildman–Crippen MR) is 243 cm³/mol. The summed E-state index contributed by atoms with van der Waals surface area (Å²) in [6.45, 7) is 10.8. The molecule has 6 aromatic heterocycles. The molecular formula is C42H53ClFN17O4. The quantitative estimate of drug-likeness (QED) is 0.120. The molecule has 344 valence electrons. The van der Waals surface area contributed by atoms with Gasteiger partial charge in [-0.1, -0.05) is 39.1 Å². The van der Waals surface area contributed by atoms with Crippen LogP contribution in [0, 0.1) is 11.8 Å². The first-order valence-electron chi connectivity index (χ1n) is 20.8. The number of aromatic nitrogens is 11. The number of nitrogens with one attached hydrogen (secondary N) is 4. The standard InChI is InChI=1S/C23H29N9O2.C18H20ClFN8O2.CH4/c1-5-18(33)25-15-12-31(10-13(15)2)22-27-19(26-16-11-30(3)28-21(16)34-4)20-24-9-17(32(20)29-22)23-6-14(7-23)8-23;1-4-15(29)22-11-8-27(6-10(11)20)14-9-28-13(19)5-21-17(28)16(24-14)23-12-7-26(2)25-18(12)30-3;/h5,9,11,13-15H,1,6-8,10,12H2,2-4H3,(H,25,33)(H,26,27,29);4-5,7,9-11H,1,6,8H2,2-3H3,(H,22,29)(H,23,24);1H4. The summed E-state index contributed by atoms with van der Waals surface area (Å²) < 4.78 is 32.1. The molecule has 2 bridgehead atoms. The molecule has 3 aliphatic carbocycles. The second-order valence-corrected chi connectivity index (χ2v) is 17.2. The molecule has 5 fully saturated rings. The molecule has 23 heteroatoms. The Morgan fingerprint density at radius 1 is 0.815 bits per heavy atom. The van der Waals surface area contributed by atoms with Crippen LogP contribution in [0.2, 0.25) is 5.15 Å². The minimum Gasteiger partial charge on any atom is -0.478 e. The summed E-state index contributed by atoms with van der Waals surface area (Å²) in [5, 5.41) is 26.0. The summed E-state index contributed by atoms with van der Waals surface area (Å²) in [5.41, 5.74) is 3.81. The molecule has 2 aliphatic heterocycles. The number of methoxy groups -OCH3 is 2. The van der Waals surface area contributed by atoms with E-state index in [4.69, 9.17) is 36.1 Å². The van der Waals surface area contributed by atoms with Gasteiger partial charge in [-0.05, 0) is 43.3 Å². The molecule has 0 aromatic carbocycles. The number of anilines is 6. The van der Waals surface area contributed by atoms with Gasteiger partial charge in [-0.25, -0.2) is 23.9 Å². The zero-order valence-corrected chi connectivity index (χ0v) is 36.8. The largest absolute Gasteiger partial charge is 0.478 e. The lowest BCUT2D eigenvalue weighted by Gasteiger charge is -2.61. The number of hydrogen-bond acceptors (Lipinski definition) is 15. The Hall–Kier alpha value is -6.97. The van der Waals surface area contributed by atoms with Crippen LogP contribution in [0.4, 0.5) is 39.2 Å². The molecule has 4 atom stereocenters. The molecule has 11 rings (SSSR count). The minimum atomic E-state index is -1.25. The number of ether oxygens (including phenoxy) is 2. The number of hydrogen-bond donors (Lipinski definition) is 4. The first kappa shape index (κ1) is 44.6. The molecule has 4 N–H and O–H groups in total. The molecule has 4 unspecified atom stereocenters. The topological polar surface area (TPSA) is 216 Å². The number of alkyl halides is 1. The second kappa shape index (κ2) is 17.5. The smallest absolute Gasteiger partial charge is 0.256 e. The Balaban J connectivity index is 0.000000176. The number of carbonyl (C=O) groups excluding carboxylic acids is 2. The number of imidazole rings is 2. The maximum absolute atomic E-state index is 14.5. The average molecular weight is 914 g/mol. The Morgan fingerprint density at radius 2 is 1.40 bits per heavy atom. The maximum Gasteiger partial charge on any atom is 0.256 e. The van der Waals surface area contributed by atoms with Gasteiger partial charge < -0.3 is 40.5 Å². The van der Waals surface area contributed by atoms with Crippen LogP contribution in [0.1, 0.15) is 39.3 Å². The van der Waals surface area contributed by atoms with Crippen molar-refractivity contribution < 1.29 is 23.5 Å². The summed E-state index contributed by atoms with van der Waals surface area (Å²) in [5.74, 6) is 3.46. The van der Waals surface area contributed by atoms with Crippen molar-refractivity contribution in [3.8, 4) is 11.8 Å². The fourth-order valence-electron chi connectivity index (χ4n) is 8.98. The molecule has 65 heavy (non-hydrogen) atoms. The lowest BCUT2D eigenvalue weighted by molar-refractivity contribution is -0.118. The third-order valence-corrected chi connectivity index (χ3v) is 12.6. The van der Waals surface area contributed by atoms with Gasteiger partial charge in [0.1, 0.15) is 28.5 Å². The van der Waals surface area contributed by atoms with Gasteiger partial charge in [0.2, 0.25) is 17.8 Å². The Kier molecular flexibility index (Phi) is 12.0. The Bertz CT molecular complexity index is 2770. The van der Waals surface area contributed by atoms with Crippen LogP contribution in [0.5, 0.6) is 11.8 Å². The number of halogens is 2. The molecule has 0 spiro atoms. The second-order valence-electron chi connectivity index (χ2n) is 16.8. The number of rotatable bonds is 13. The van der Waals surface area contributed by atoms with E-state index in [1.807, 2.05) is 24.0 Å². The highest BCUT2D eigenvalue weighted by molar-refractivity contribution is 6.29. The average Bonchev–Trinajstić information content (AvgIpc) is 4.11. The van der Waals surface area contributed by atoms with E-state index in [2.05, 4.69) is 66.4 Å². The highest BCUT2D eigenvalue weighted by atomic mass is 35.5. The molecule has 5 aliphatic rings. The number of amides is 2. The van der Waals surface area contributed by atoms with Crippen molar-refractivity contribution in [2.24, 2.45) is 25.9 Å². The SMILES string of the molecule is C.C=CC(=O)NC1CN(c2cn3c(Cl)cnc3c(Nc3cn(C)nc3OC)n2)CC1F.C=CC(=O)NC1CN(c2nc(Nc3cn(C)nc3OC)c3ncc(C45CC(C4)C5)n3n2)CC1C. The van der Waals surface area contributed by atoms with E-state index in [0.717, 1.165) is 24.2 Å². The normalized spacial score (nSPS) is 22.8. The summed E-state index contributed by atoms with van der Waals surface area (Å²) in [4.78, 5) is 45.8. The summed E-state index contributed by atoms with van der Waals surface area (Å²) >= 11 is 6.28. The summed E-state index contributed by atoms with van der Waals surface area (Å²) in [6, 6.07) is -0.666. The van der Waals surface area contributed by atoms with Gasteiger partial charge in [-0.2, -0.15) is 4.98 Å². The van der Waals surface area contributed by atoms with E-state index in [-0.39, 0.29) is 43.8 Å². The Morgan fingerprint density at radius 3 is 1.98 bits per heavy atom. The molecule has 2 amide bonds. The fraction of sp³-hybridized carbons (Fsp3) is 0.452. The summed E-state index contributed by atoms with van der Waals surface area (Å²) in [6.07, 6.45) is 13.5. The first-order chi connectivity index (χ1) is 30.8. The highest BCUT2D eigenvalue weighted by Crippen LogP contribution is 2.65. The van der Waals surface area contributed by atoms with Crippen LogP contribution >= 0.6 is 11.6 Å². The molecule has 6 aromatic rings. The van der Waals surface area contributed by atoms with Crippen LogP contribution in [-0.4, -0.2) is 124 Å². The van der Waals surface area contributed by atoms with Crippen molar-refractivity contribution in [3.05, 3.63) is 67.1 Å². The highest BCUT2D eigenvalue weighted by Gasteiger charge is 2.59. The van der Waals surface area contributed by atoms with E-state index in [0.29, 0.717) is 69.5 Å². The van der Waals surface area contributed by atoms with Crippen LogP contribution in [0.3, 0.4) is 0 Å². The number of fused-ring (bicyclic) bond motifs is 2. The van der Waals surface area contributed by atoms with Crippen molar-refractivity contribution in [1.82, 2.24) is 64.1 Å². The molecule has 8 heterocycles. The number of aryl methyl sites for hydroxylation is 2. The van der Waals surface area contributed by atoms with E-state index >= 15 is 0 Å². The van der Waals surface area contributed by atoms with Gasteiger partial charge in [0.15, 0.2) is 22.9 Å². The third kappa shape index (κ3) is 8.33. The van der Waals surface area contributed by atoms with Crippen LogP contribution in [0.25, 0.3) is 11.3 Å². The number of carbonyl (C=O) groups is 2. The van der Waals surface area contributed by atoms with E-state index < -0.39 is 18.1 Å². The van der Waals surface area contributed by atoms with Gasteiger partial charge in [0.05, 0.1) is 69.5 Å². The summed E-state index contributed by atoms with van der Waals surface area (Å²) in [7, 11) is 6.72. The Labute approximate surface area is 379 Å². The molecule has 3 saturated carbocycles. The van der Waals surface area contributed by atoms with Crippen molar-refractivity contribution in [2.45, 2.75) is 57.3 Å². The third-order valence-electron chi connectivity index (χ3n) is 12.3. The van der Waals surface area contributed by atoms with Gasteiger partial charge in [0, 0.05) is 39.1 Å². The predicted octanol–water partition coefficient (Wildman–Crippen LogP) is 4.12. The van der Waals surface area contributed by atoms with Crippen LogP contribution in [0.15, 0.2) is 56.3 Å². The van der Waals surface area contributed by atoms with E-state index in [1.54, 1.807) is 45.2 Å². The first-order valence-corrected chi connectivity index (χ1v) is 21.1. The van der Waals surface area contributed by atoms with Crippen molar-refractivity contribution in [3.63, 3.8) is 0 Å². The van der Waals surface area contributed by atoms with Crippen molar-refractivity contribution in [1.29, 1.82) is 0 Å².